The van der Waals surface area contributed by atoms with Crippen LogP contribution in [0.25, 0.3) is 10.8 Å². The van der Waals surface area contributed by atoms with Gasteiger partial charge in [-0.05, 0) is 37.0 Å². The van der Waals surface area contributed by atoms with Gasteiger partial charge in [-0.2, -0.15) is 0 Å². The number of hydrogen-bond donors (Lipinski definition) is 0. The van der Waals surface area contributed by atoms with Crippen LogP contribution in [0.15, 0.2) is 53.5 Å². The van der Waals surface area contributed by atoms with Gasteiger partial charge >= 0.3 is 0 Å². The van der Waals surface area contributed by atoms with E-state index in [2.05, 4.69) is 31.2 Å². The average Bonchev–Trinajstić information content (AvgIpc) is 2.89. The minimum Gasteiger partial charge on any atom is -0.493 e. The smallest absolute Gasteiger partial charge is 0.258 e. The summed E-state index contributed by atoms with van der Waals surface area (Å²) in [5.74, 6) is 1.27. The van der Waals surface area contributed by atoms with Crippen molar-refractivity contribution >= 4 is 16.7 Å². The third-order valence-electron chi connectivity index (χ3n) is 6.80. The van der Waals surface area contributed by atoms with E-state index in [1.54, 1.807) is 37.1 Å². The van der Waals surface area contributed by atoms with E-state index in [-0.39, 0.29) is 11.5 Å². The molecule has 3 aromatic rings. The van der Waals surface area contributed by atoms with Gasteiger partial charge in [0.1, 0.15) is 0 Å². The SMILES string of the molecule is CCCCCn1cc(C(=O)N2CCCC(c3ccccc3)C2)c2cc(OC)c(OC)cc2c1=O. The lowest BCUT2D eigenvalue weighted by molar-refractivity contribution is 0.0708. The van der Waals surface area contributed by atoms with Crippen LogP contribution in [0.1, 0.15) is 60.9 Å². The van der Waals surface area contributed by atoms with Crippen LogP contribution in [-0.2, 0) is 6.54 Å². The lowest BCUT2D eigenvalue weighted by Gasteiger charge is -2.33. The summed E-state index contributed by atoms with van der Waals surface area (Å²) >= 11 is 0. The molecule has 0 saturated carbocycles. The van der Waals surface area contributed by atoms with Crippen molar-refractivity contribution in [3.05, 3.63) is 70.1 Å². The number of carbonyl (C=O) groups excluding carboxylic acids is 1. The number of piperidine rings is 1. The molecule has 4 rings (SSSR count). The van der Waals surface area contributed by atoms with Crippen molar-refractivity contribution in [3.63, 3.8) is 0 Å². The highest BCUT2D eigenvalue weighted by molar-refractivity contribution is 6.07. The van der Waals surface area contributed by atoms with Crippen LogP contribution in [0.3, 0.4) is 0 Å². The summed E-state index contributed by atoms with van der Waals surface area (Å²) in [6, 6.07) is 13.9. The number of methoxy groups -OCH3 is 2. The van der Waals surface area contributed by atoms with Gasteiger partial charge in [0.05, 0.1) is 25.2 Å². The molecule has 1 aromatic heterocycles. The number of aryl methyl sites for hydroxylation is 1. The summed E-state index contributed by atoms with van der Waals surface area (Å²) in [7, 11) is 3.11. The minimum absolute atomic E-state index is 0.0397. The average molecular weight is 463 g/mol. The Morgan fingerprint density at radius 3 is 2.41 bits per heavy atom. The Bertz CT molecular complexity index is 1200. The highest BCUT2D eigenvalue weighted by atomic mass is 16.5. The Kier molecular flexibility index (Phi) is 7.56. The first kappa shape index (κ1) is 23.9. The lowest BCUT2D eigenvalue weighted by Crippen LogP contribution is -2.39. The maximum Gasteiger partial charge on any atom is 0.258 e. The maximum atomic E-state index is 13.9. The van der Waals surface area contributed by atoms with Gasteiger partial charge < -0.3 is 18.9 Å². The minimum atomic E-state index is -0.107. The van der Waals surface area contributed by atoms with Gasteiger partial charge in [0.15, 0.2) is 11.5 Å². The van der Waals surface area contributed by atoms with E-state index in [1.807, 2.05) is 11.0 Å². The molecule has 1 saturated heterocycles. The van der Waals surface area contributed by atoms with E-state index < -0.39 is 0 Å². The van der Waals surface area contributed by atoms with Gasteiger partial charge in [0, 0.05) is 37.1 Å². The summed E-state index contributed by atoms with van der Waals surface area (Å²) in [5, 5.41) is 1.10. The molecule has 1 atom stereocenters. The quantitative estimate of drug-likeness (QED) is 0.430. The number of benzene rings is 2. The highest BCUT2D eigenvalue weighted by Crippen LogP contribution is 2.34. The number of fused-ring (bicyclic) bond motifs is 1. The molecule has 1 amide bonds. The van der Waals surface area contributed by atoms with Gasteiger partial charge in [-0.25, -0.2) is 0 Å². The molecule has 1 fully saturated rings. The van der Waals surface area contributed by atoms with Crippen molar-refractivity contribution in [1.82, 2.24) is 9.47 Å². The molecule has 6 heteroatoms. The van der Waals surface area contributed by atoms with Crippen LogP contribution in [0.5, 0.6) is 11.5 Å². The summed E-state index contributed by atoms with van der Waals surface area (Å²) in [6.45, 7) is 4.11. The first-order chi connectivity index (χ1) is 16.6. The zero-order chi connectivity index (χ0) is 24.1. The van der Waals surface area contributed by atoms with Crippen LogP contribution in [-0.4, -0.2) is 42.7 Å². The summed E-state index contributed by atoms with van der Waals surface area (Å²) in [5.41, 5.74) is 1.70. The molecule has 6 nitrogen and oxygen atoms in total. The van der Waals surface area contributed by atoms with Crippen molar-refractivity contribution < 1.29 is 14.3 Å². The van der Waals surface area contributed by atoms with Crippen LogP contribution < -0.4 is 15.0 Å². The Hall–Kier alpha value is -3.28. The van der Waals surface area contributed by atoms with Gasteiger partial charge in [-0.1, -0.05) is 50.1 Å². The van der Waals surface area contributed by atoms with E-state index in [1.165, 1.54) is 5.56 Å². The fourth-order valence-electron chi connectivity index (χ4n) is 4.92. The second-order valence-corrected chi connectivity index (χ2v) is 9.00. The maximum absolute atomic E-state index is 13.9. The van der Waals surface area contributed by atoms with Crippen molar-refractivity contribution in [3.8, 4) is 11.5 Å². The molecule has 34 heavy (non-hydrogen) atoms. The highest BCUT2D eigenvalue weighted by Gasteiger charge is 2.28. The molecular weight excluding hydrogens is 428 g/mol. The van der Waals surface area contributed by atoms with Crippen molar-refractivity contribution in [2.24, 2.45) is 0 Å². The third kappa shape index (κ3) is 4.81. The fraction of sp³-hybridized carbons (Fsp3) is 0.429. The third-order valence-corrected chi connectivity index (χ3v) is 6.80. The number of nitrogens with zero attached hydrogens (tertiary/aromatic N) is 2. The number of amides is 1. The second-order valence-electron chi connectivity index (χ2n) is 9.00. The van der Waals surface area contributed by atoms with Gasteiger partial charge in [-0.3, -0.25) is 9.59 Å². The molecule has 0 aliphatic carbocycles. The number of carbonyl (C=O) groups is 1. The van der Waals surface area contributed by atoms with E-state index in [4.69, 9.17) is 9.47 Å². The van der Waals surface area contributed by atoms with Crippen molar-refractivity contribution in [2.75, 3.05) is 27.3 Å². The van der Waals surface area contributed by atoms with E-state index >= 15 is 0 Å². The van der Waals surface area contributed by atoms with E-state index in [9.17, 15) is 9.59 Å². The molecule has 180 valence electrons. The van der Waals surface area contributed by atoms with Crippen LogP contribution in [0.4, 0.5) is 0 Å². The van der Waals surface area contributed by atoms with Gasteiger partial charge in [-0.15, -0.1) is 0 Å². The molecule has 0 spiro atoms. The summed E-state index contributed by atoms with van der Waals surface area (Å²) < 4.78 is 12.6. The van der Waals surface area contributed by atoms with Crippen LogP contribution >= 0.6 is 0 Å². The number of pyridine rings is 1. The monoisotopic (exact) mass is 462 g/mol. The number of aromatic nitrogens is 1. The Morgan fingerprint density at radius 2 is 1.74 bits per heavy atom. The largest absolute Gasteiger partial charge is 0.493 e. The summed E-state index contributed by atoms with van der Waals surface area (Å²) in [6.07, 6.45) is 6.76. The number of hydrogen-bond acceptors (Lipinski definition) is 4. The predicted molar refractivity (Wildman–Crippen MR) is 135 cm³/mol. The number of unbranched alkanes of at least 4 members (excludes halogenated alkanes) is 2. The lowest BCUT2D eigenvalue weighted by atomic mass is 9.90. The number of likely N-dealkylation sites (tertiary alicyclic amines) is 1. The normalized spacial score (nSPS) is 16.0. The molecule has 1 aliphatic rings. The van der Waals surface area contributed by atoms with Crippen LogP contribution in [0, 0.1) is 0 Å². The Morgan fingerprint density at radius 1 is 1.03 bits per heavy atom. The van der Waals surface area contributed by atoms with Crippen molar-refractivity contribution in [2.45, 2.75) is 51.5 Å². The summed E-state index contributed by atoms with van der Waals surface area (Å²) in [4.78, 5) is 29.1. The first-order valence-corrected chi connectivity index (χ1v) is 12.2. The Labute approximate surface area is 201 Å². The molecular formula is C28H34N2O4. The predicted octanol–water partition coefficient (Wildman–Crippen LogP) is 5.23. The van der Waals surface area contributed by atoms with Crippen molar-refractivity contribution in [1.29, 1.82) is 0 Å². The van der Waals surface area contributed by atoms with E-state index in [0.717, 1.165) is 32.1 Å². The number of rotatable bonds is 8. The second kappa shape index (κ2) is 10.8. The first-order valence-electron chi connectivity index (χ1n) is 12.2. The topological polar surface area (TPSA) is 60.8 Å². The molecule has 0 bridgehead atoms. The molecule has 2 aromatic carbocycles. The molecule has 1 unspecified atom stereocenters. The molecule has 0 N–H and O–H groups in total. The Balaban J connectivity index is 1.76. The van der Waals surface area contributed by atoms with Gasteiger partial charge in [0.25, 0.3) is 11.5 Å². The van der Waals surface area contributed by atoms with Crippen LogP contribution in [0.2, 0.25) is 0 Å². The zero-order valence-electron chi connectivity index (χ0n) is 20.4. The zero-order valence-corrected chi connectivity index (χ0v) is 20.4. The van der Waals surface area contributed by atoms with Gasteiger partial charge in [0.2, 0.25) is 0 Å². The standard InChI is InChI=1S/C28H34N2O4/c1-4-5-9-14-30-19-24(22-16-25(33-2)26(34-3)17-23(22)27(30)31)28(32)29-15-10-13-21(18-29)20-11-7-6-8-12-20/h6-8,11-12,16-17,19,21H,4-5,9-10,13-15,18H2,1-3H3. The number of ether oxygens (including phenoxy) is 2. The fourth-order valence-corrected chi connectivity index (χ4v) is 4.92. The van der Waals surface area contributed by atoms with E-state index in [0.29, 0.717) is 53.4 Å². The molecule has 1 aliphatic heterocycles. The molecule has 2 heterocycles. The molecule has 0 radical (unpaired) electrons.